The van der Waals surface area contributed by atoms with Crippen LogP contribution in [0.5, 0.6) is 0 Å². The number of fused-ring (bicyclic) bond motifs is 1. The molecule has 1 N–H and O–H groups in total. The fourth-order valence-electron chi connectivity index (χ4n) is 2.78. The second-order valence-corrected chi connectivity index (χ2v) is 6.34. The van der Waals surface area contributed by atoms with Gasteiger partial charge in [-0.1, -0.05) is 29.8 Å². The Morgan fingerprint density at radius 3 is 2.92 bits per heavy atom. The molecule has 1 aromatic carbocycles. The number of guanidine groups is 1. The second-order valence-electron chi connectivity index (χ2n) is 5.91. The molecule has 0 amide bonds. The Morgan fingerprint density at radius 2 is 2.16 bits per heavy atom. The molecular weight excluding hydrogens is 334 g/mol. The van der Waals surface area contributed by atoms with Crippen molar-refractivity contribution in [3.05, 3.63) is 71.1 Å². The smallest absolute Gasteiger partial charge is 0.193 e. The molecule has 3 aromatic rings. The molecule has 0 spiro atoms. The summed E-state index contributed by atoms with van der Waals surface area (Å²) in [7, 11) is 3.81. The van der Waals surface area contributed by atoms with Crippen LogP contribution in [0.15, 0.2) is 59.9 Å². The molecule has 130 valence electrons. The first-order valence-corrected chi connectivity index (χ1v) is 8.62. The lowest BCUT2D eigenvalue weighted by atomic mass is 10.2. The van der Waals surface area contributed by atoms with Gasteiger partial charge < -0.3 is 14.6 Å². The molecule has 0 fully saturated rings. The van der Waals surface area contributed by atoms with Gasteiger partial charge in [-0.2, -0.15) is 0 Å². The van der Waals surface area contributed by atoms with Crippen LogP contribution in [0, 0.1) is 0 Å². The summed E-state index contributed by atoms with van der Waals surface area (Å²) in [5, 5.41) is 4.14. The number of hydrogen-bond acceptors (Lipinski definition) is 2. The van der Waals surface area contributed by atoms with Gasteiger partial charge in [-0.3, -0.25) is 4.99 Å². The number of nitrogens with one attached hydrogen (secondary N) is 1. The Kier molecular flexibility index (Phi) is 5.56. The fourth-order valence-corrected chi connectivity index (χ4v) is 2.99. The predicted molar refractivity (Wildman–Crippen MR) is 103 cm³/mol. The number of benzene rings is 1. The lowest BCUT2D eigenvalue weighted by Gasteiger charge is -2.22. The summed E-state index contributed by atoms with van der Waals surface area (Å²) in [5.41, 5.74) is 3.19. The van der Waals surface area contributed by atoms with E-state index < -0.39 is 0 Å². The maximum absolute atomic E-state index is 6.05. The molecule has 25 heavy (non-hydrogen) atoms. The summed E-state index contributed by atoms with van der Waals surface area (Å²) in [6, 6.07) is 13.9. The minimum atomic E-state index is 0.745. The standard InChI is InChI=1S/C19H22ClN5/c1-21-19(24(2)13-15-6-5-7-16(20)12-15)22-10-9-17-14-25-11-4-3-8-18(25)23-17/h3-8,11-12,14H,9-10,13H2,1-2H3,(H,21,22). The van der Waals surface area contributed by atoms with Gasteiger partial charge in [0.05, 0.1) is 5.69 Å². The number of pyridine rings is 1. The van der Waals surface area contributed by atoms with Gasteiger partial charge in [-0.25, -0.2) is 4.98 Å². The van der Waals surface area contributed by atoms with Crippen LogP contribution < -0.4 is 5.32 Å². The molecule has 0 saturated carbocycles. The molecule has 2 aromatic heterocycles. The van der Waals surface area contributed by atoms with Crippen molar-refractivity contribution in [1.82, 2.24) is 19.6 Å². The molecule has 3 rings (SSSR count). The van der Waals surface area contributed by atoms with Gasteiger partial charge >= 0.3 is 0 Å². The molecule has 0 saturated heterocycles. The van der Waals surface area contributed by atoms with Gasteiger partial charge in [0.1, 0.15) is 5.65 Å². The van der Waals surface area contributed by atoms with E-state index in [1.165, 1.54) is 0 Å². The third-order valence-corrected chi connectivity index (χ3v) is 4.20. The van der Waals surface area contributed by atoms with Crippen LogP contribution in [-0.2, 0) is 13.0 Å². The molecule has 2 heterocycles. The molecule has 5 nitrogen and oxygen atoms in total. The van der Waals surface area contributed by atoms with Crippen molar-refractivity contribution >= 4 is 23.2 Å². The minimum Gasteiger partial charge on any atom is -0.356 e. The summed E-state index contributed by atoms with van der Waals surface area (Å²) in [5.74, 6) is 0.851. The Balaban J connectivity index is 1.55. The highest BCUT2D eigenvalue weighted by Crippen LogP contribution is 2.12. The summed E-state index contributed by atoms with van der Waals surface area (Å²) in [4.78, 5) is 11.0. The van der Waals surface area contributed by atoms with Crippen molar-refractivity contribution in [2.24, 2.45) is 4.99 Å². The second kappa shape index (κ2) is 8.03. The highest BCUT2D eigenvalue weighted by Gasteiger charge is 2.07. The Morgan fingerprint density at radius 1 is 1.28 bits per heavy atom. The van der Waals surface area contributed by atoms with Gasteiger partial charge in [0.25, 0.3) is 0 Å². The molecule has 0 atom stereocenters. The van der Waals surface area contributed by atoms with E-state index in [2.05, 4.69) is 32.5 Å². The summed E-state index contributed by atoms with van der Waals surface area (Å²) in [6.45, 7) is 1.52. The Hall–Kier alpha value is -2.53. The quantitative estimate of drug-likeness (QED) is 0.564. The summed E-state index contributed by atoms with van der Waals surface area (Å²) < 4.78 is 2.04. The van der Waals surface area contributed by atoms with Crippen LogP contribution in [0.4, 0.5) is 0 Å². The zero-order valence-electron chi connectivity index (χ0n) is 14.5. The molecule has 0 bridgehead atoms. The van der Waals surface area contributed by atoms with E-state index in [0.29, 0.717) is 0 Å². The predicted octanol–water partition coefficient (Wildman–Crippen LogP) is 3.24. The maximum Gasteiger partial charge on any atom is 0.193 e. The first kappa shape index (κ1) is 17.3. The summed E-state index contributed by atoms with van der Waals surface area (Å²) in [6.07, 6.45) is 4.91. The van der Waals surface area contributed by atoms with Gasteiger partial charge in [0.15, 0.2) is 5.96 Å². The molecule has 0 unspecified atom stereocenters. The highest BCUT2D eigenvalue weighted by molar-refractivity contribution is 6.30. The number of aromatic nitrogens is 2. The normalized spacial score (nSPS) is 11.7. The Bertz CT molecular complexity index is 838. The zero-order chi connectivity index (χ0) is 17.6. The lowest BCUT2D eigenvalue weighted by Crippen LogP contribution is -2.39. The number of nitrogens with zero attached hydrogens (tertiary/aromatic N) is 4. The molecule has 0 aliphatic heterocycles. The van der Waals surface area contributed by atoms with Crippen LogP contribution >= 0.6 is 11.6 Å². The average molecular weight is 356 g/mol. The zero-order valence-corrected chi connectivity index (χ0v) is 15.2. The fraction of sp³-hybridized carbons (Fsp3) is 0.263. The van der Waals surface area contributed by atoms with Crippen molar-refractivity contribution in [1.29, 1.82) is 0 Å². The summed E-state index contributed by atoms with van der Waals surface area (Å²) >= 11 is 6.05. The van der Waals surface area contributed by atoms with Crippen LogP contribution in [0.2, 0.25) is 5.02 Å². The molecule has 0 radical (unpaired) electrons. The van der Waals surface area contributed by atoms with E-state index in [1.54, 1.807) is 7.05 Å². The van der Waals surface area contributed by atoms with Crippen LogP contribution in [0.3, 0.4) is 0 Å². The first-order valence-electron chi connectivity index (χ1n) is 8.24. The number of rotatable bonds is 5. The van der Waals surface area contributed by atoms with E-state index in [9.17, 15) is 0 Å². The average Bonchev–Trinajstić information content (AvgIpc) is 3.01. The monoisotopic (exact) mass is 355 g/mol. The minimum absolute atomic E-state index is 0.745. The maximum atomic E-state index is 6.05. The van der Waals surface area contributed by atoms with Crippen molar-refractivity contribution in [3.8, 4) is 0 Å². The number of imidazole rings is 1. The van der Waals surface area contributed by atoms with Crippen LogP contribution in [-0.4, -0.2) is 40.9 Å². The highest BCUT2D eigenvalue weighted by atomic mass is 35.5. The van der Waals surface area contributed by atoms with Gasteiger partial charge in [0, 0.05) is 51.0 Å². The first-order chi connectivity index (χ1) is 12.2. The van der Waals surface area contributed by atoms with Crippen molar-refractivity contribution in [2.45, 2.75) is 13.0 Å². The van der Waals surface area contributed by atoms with Crippen molar-refractivity contribution < 1.29 is 0 Å². The Labute approximate surface area is 153 Å². The molecule has 0 aliphatic carbocycles. The van der Waals surface area contributed by atoms with E-state index in [1.807, 2.05) is 54.0 Å². The van der Waals surface area contributed by atoms with Gasteiger partial charge in [-0.05, 0) is 29.8 Å². The van der Waals surface area contributed by atoms with E-state index in [4.69, 9.17) is 11.6 Å². The molecule has 0 aliphatic rings. The SMILES string of the molecule is CN=C(NCCc1cn2ccccc2n1)N(C)Cc1cccc(Cl)c1. The lowest BCUT2D eigenvalue weighted by molar-refractivity contribution is 0.477. The topological polar surface area (TPSA) is 44.9 Å². The molecule has 6 heteroatoms. The van der Waals surface area contributed by atoms with Crippen LogP contribution in [0.25, 0.3) is 5.65 Å². The number of hydrogen-bond donors (Lipinski definition) is 1. The third-order valence-electron chi connectivity index (χ3n) is 3.96. The number of halogens is 1. The largest absolute Gasteiger partial charge is 0.356 e. The number of aliphatic imine (C=N–C) groups is 1. The van der Waals surface area contributed by atoms with E-state index >= 15 is 0 Å². The van der Waals surface area contributed by atoms with E-state index in [0.717, 1.165) is 47.4 Å². The van der Waals surface area contributed by atoms with Gasteiger partial charge in [0.2, 0.25) is 0 Å². The van der Waals surface area contributed by atoms with Gasteiger partial charge in [-0.15, -0.1) is 0 Å². The van der Waals surface area contributed by atoms with Crippen LogP contribution in [0.1, 0.15) is 11.3 Å². The molecular formula is C19H22ClN5. The van der Waals surface area contributed by atoms with Crippen molar-refractivity contribution in [3.63, 3.8) is 0 Å². The van der Waals surface area contributed by atoms with Crippen molar-refractivity contribution in [2.75, 3.05) is 20.6 Å². The van der Waals surface area contributed by atoms with E-state index in [-0.39, 0.29) is 0 Å². The third kappa shape index (κ3) is 4.51.